The summed E-state index contributed by atoms with van der Waals surface area (Å²) in [4.78, 5) is 29.1. The lowest BCUT2D eigenvalue weighted by Crippen LogP contribution is -2.54. The average molecular weight is 359 g/mol. The maximum atomic E-state index is 12.0. The Balaban J connectivity index is 1.80. The molecule has 0 radical (unpaired) electrons. The normalized spacial score (nSPS) is 24.4. The number of hydrogen-bond acceptors (Lipinski definition) is 5. The predicted molar refractivity (Wildman–Crippen MR) is 90.3 cm³/mol. The lowest BCUT2D eigenvalue weighted by Gasteiger charge is -2.42. The van der Waals surface area contributed by atoms with E-state index in [-0.39, 0.29) is 0 Å². The number of hydroxylamine groups is 2. The van der Waals surface area contributed by atoms with Crippen molar-refractivity contribution in [2.75, 3.05) is 6.54 Å². The molecule has 0 saturated carbocycles. The maximum absolute atomic E-state index is 12.0. The zero-order valence-electron chi connectivity index (χ0n) is 13.4. The number of aromatic nitrogens is 1. The van der Waals surface area contributed by atoms with Crippen molar-refractivity contribution in [2.24, 2.45) is 0 Å². The summed E-state index contributed by atoms with van der Waals surface area (Å²) >= 11 is 5.97. The fourth-order valence-corrected chi connectivity index (χ4v) is 3.39. The molecule has 1 aromatic heterocycles. The second-order valence-electron chi connectivity index (χ2n) is 6.01. The fourth-order valence-electron chi connectivity index (χ4n) is 3.26. The highest BCUT2D eigenvalue weighted by molar-refractivity contribution is 6.30. The van der Waals surface area contributed by atoms with Gasteiger partial charge >= 0.3 is 11.9 Å². The van der Waals surface area contributed by atoms with E-state index in [4.69, 9.17) is 21.2 Å². The van der Waals surface area contributed by atoms with E-state index in [0.29, 0.717) is 18.1 Å². The molecule has 25 heavy (non-hydrogen) atoms. The summed E-state index contributed by atoms with van der Waals surface area (Å²) < 4.78 is 7.67. The largest absolute Gasteiger partial charge is 0.432 e. The lowest BCUT2D eigenvalue weighted by molar-refractivity contribution is -0.291. The first kappa shape index (κ1) is 15.9. The number of carbonyl (C=O) groups is 2. The molecule has 0 amide bonds. The minimum Gasteiger partial charge on any atom is -0.432 e. The number of ether oxygens (including phenoxy) is 1. The van der Waals surface area contributed by atoms with Crippen molar-refractivity contribution < 1.29 is 19.2 Å². The zero-order valence-corrected chi connectivity index (χ0v) is 14.2. The second-order valence-corrected chi connectivity index (χ2v) is 6.45. The van der Waals surface area contributed by atoms with E-state index in [1.165, 1.54) is 5.06 Å². The Kier molecular flexibility index (Phi) is 3.67. The quantitative estimate of drug-likeness (QED) is 0.734. The molecule has 1 aromatic carbocycles. The molecule has 7 heteroatoms. The Morgan fingerprint density at radius 1 is 1.00 bits per heavy atom. The van der Waals surface area contributed by atoms with Crippen molar-refractivity contribution in [1.82, 2.24) is 9.63 Å². The molecule has 0 fully saturated rings. The van der Waals surface area contributed by atoms with Crippen LogP contribution in [0.3, 0.4) is 0 Å². The van der Waals surface area contributed by atoms with Gasteiger partial charge in [0.15, 0.2) is 0 Å². The molecule has 0 bridgehead atoms. The molecule has 0 spiro atoms. The fraction of sp³-hybridized carbons (Fsp3) is 0.222. The van der Waals surface area contributed by atoms with Crippen LogP contribution in [0, 0.1) is 0 Å². The molecule has 6 nitrogen and oxygen atoms in total. The van der Waals surface area contributed by atoms with Gasteiger partial charge in [0.1, 0.15) is 0 Å². The first-order valence-corrected chi connectivity index (χ1v) is 8.22. The van der Waals surface area contributed by atoms with Crippen molar-refractivity contribution in [1.29, 1.82) is 0 Å². The van der Waals surface area contributed by atoms with Gasteiger partial charge in [-0.05, 0) is 36.8 Å². The van der Waals surface area contributed by atoms with Crippen molar-refractivity contribution in [2.45, 2.75) is 19.2 Å². The number of halogens is 1. The van der Waals surface area contributed by atoms with Gasteiger partial charge in [0.25, 0.3) is 0 Å². The SMILES string of the molecule is CC12OC(=O)/C=C/C(=O)ON1CCn1c(-c3ccc(Cl)cc3)ccc12. The molecule has 0 saturated heterocycles. The van der Waals surface area contributed by atoms with E-state index < -0.39 is 17.7 Å². The molecule has 0 aliphatic carbocycles. The highest BCUT2D eigenvalue weighted by Crippen LogP contribution is 2.38. The van der Waals surface area contributed by atoms with Gasteiger partial charge in [-0.3, -0.25) is 0 Å². The van der Waals surface area contributed by atoms with Crippen LogP contribution in [0.1, 0.15) is 12.6 Å². The maximum Gasteiger partial charge on any atom is 0.350 e. The lowest BCUT2D eigenvalue weighted by atomic mass is 10.1. The number of esters is 1. The number of hydrogen-bond donors (Lipinski definition) is 0. The van der Waals surface area contributed by atoms with Crippen LogP contribution < -0.4 is 0 Å². The molecule has 2 aliphatic heterocycles. The van der Waals surface area contributed by atoms with Crippen molar-refractivity contribution in [3.05, 3.63) is 59.3 Å². The van der Waals surface area contributed by atoms with Crippen LogP contribution in [0.15, 0.2) is 48.6 Å². The highest BCUT2D eigenvalue weighted by atomic mass is 35.5. The van der Waals surface area contributed by atoms with Crippen molar-refractivity contribution in [3.8, 4) is 11.3 Å². The number of nitrogens with zero attached hydrogens (tertiary/aromatic N) is 2. The van der Waals surface area contributed by atoms with Crippen LogP contribution in [-0.4, -0.2) is 28.1 Å². The summed E-state index contributed by atoms with van der Waals surface area (Å²) in [5.74, 6) is -1.19. The molecule has 128 valence electrons. The van der Waals surface area contributed by atoms with E-state index in [1.54, 1.807) is 6.92 Å². The van der Waals surface area contributed by atoms with Crippen LogP contribution in [0.2, 0.25) is 5.02 Å². The molecule has 3 heterocycles. The van der Waals surface area contributed by atoms with E-state index in [2.05, 4.69) is 4.57 Å². The molecule has 1 unspecified atom stereocenters. The number of fused-ring (bicyclic) bond motifs is 3. The molecule has 4 rings (SSSR count). The van der Waals surface area contributed by atoms with Crippen LogP contribution in [0.4, 0.5) is 0 Å². The van der Waals surface area contributed by atoms with Gasteiger partial charge in [-0.25, -0.2) is 9.59 Å². The predicted octanol–water partition coefficient (Wildman–Crippen LogP) is 2.87. The third-order valence-corrected chi connectivity index (χ3v) is 4.71. The standard InChI is InChI=1S/C18H15ClN2O4/c1-18-15-7-6-14(12-2-4-13(19)5-3-12)20(15)10-11-21(18)25-17(23)9-8-16(22)24-18/h2-9H,10-11H2,1H3/b9-8+. The summed E-state index contributed by atoms with van der Waals surface area (Å²) in [7, 11) is 0. The van der Waals surface area contributed by atoms with E-state index in [0.717, 1.165) is 29.1 Å². The number of rotatable bonds is 1. The topological polar surface area (TPSA) is 60.8 Å². The van der Waals surface area contributed by atoms with Gasteiger partial charge in [-0.1, -0.05) is 28.8 Å². The third-order valence-electron chi connectivity index (χ3n) is 4.45. The second kappa shape index (κ2) is 5.75. The van der Waals surface area contributed by atoms with Crippen molar-refractivity contribution in [3.63, 3.8) is 0 Å². The first-order chi connectivity index (χ1) is 12.0. The van der Waals surface area contributed by atoms with Gasteiger partial charge < -0.3 is 14.1 Å². The molecule has 2 aromatic rings. The summed E-state index contributed by atoms with van der Waals surface area (Å²) in [6, 6.07) is 11.4. The Morgan fingerprint density at radius 3 is 2.48 bits per heavy atom. The minimum atomic E-state index is -1.19. The van der Waals surface area contributed by atoms with Gasteiger partial charge in [0, 0.05) is 29.4 Å². The Hall–Kier alpha value is -2.57. The van der Waals surface area contributed by atoms with Crippen molar-refractivity contribution >= 4 is 23.5 Å². The van der Waals surface area contributed by atoms with E-state index in [1.807, 2.05) is 36.4 Å². The Bertz CT molecular complexity index is 887. The number of benzene rings is 1. The van der Waals surface area contributed by atoms with Gasteiger partial charge in [-0.2, -0.15) is 0 Å². The Labute approximate surface area is 149 Å². The van der Waals surface area contributed by atoms with Crippen LogP contribution in [0.25, 0.3) is 11.3 Å². The molecule has 0 N–H and O–H groups in total. The van der Waals surface area contributed by atoms with E-state index >= 15 is 0 Å². The minimum absolute atomic E-state index is 0.394. The van der Waals surface area contributed by atoms with Gasteiger partial charge in [-0.15, -0.1) is 0 Å². The summed E-state index contributed by atoms with van der Waals surface area (Å²) in [5, 5.41) is 2.08. The summed E-state index contributed by atoms with van der Waals surface area (Å²) in [6.45, 7) is 2.70. The molecule has 1 atom stereocenters. The third kappa shape index (κ3) is 2.63. The monoisotopic (exact) mass is 358 g/mol. The summed E-state index contributed by atoms with van der Waals surface area (Å²) in [5.41, 5.74) is 1.52. The Morgan fingerprint density at radius 2 is 1.72 bits per heavy atom. The van der Waals surface area contributed by atoms with Crippen LogP contribution >= 0.6 is 11.6 Å². The van der Waals surface area contributed by atoms with Crippen LogP contribution in [0.5, 0.6) is 0 Å². The van der Waals surface area contributed by atoms with Crippen LogP contribution in [-0.2, 0) is 31.4 Å². The number of carbonyl (C=O) groups excluding carboxylic acids is 2. The smallest absolute Gasteiger partial charge is 0.350 e. The molecular formula is C18H15ClN2O4. The van der Waals surface area contributed by atoms with E-state index in [9.17, 15) is 9.59 Å². The summed E-state index contributed by atoms with van der Waals surface area (Å²) in [6.07, 6.45) is 2.14. The molecular weight excluding hydrogens is 344 g/mol. The van der Waals surface area contributed by atoms with Gasteiger partial charge in [0.05, 0.1) is 12.2 Å². The zero-order chi connectivity index (χ0) is 17.6. The van der Waals surface area contributed by atoms with Gasteiger partial charge in [0.2, 0.25) is 5.72 Å². The highest BCUT2D eigenvalue weighted by Gasteiger charge is 2.46. The average Bonchev–Trinajstić information content (AvgIpc) is 3.01. The molecule has 2 aliphatic rings. The first-order valence-electron chi connectivity index (χ1n) is 7.84.